The standard InChI is InChI=1S/C23H23N5O2/c1-16(29)24-18-11-8-17(9-12-18)10-13-21(30)27-22-23(28-14-4-5-15-28)26-20-7-3-2-6-19(20)25-22/h2-3,6-13H,4-5,14-15H2,1H3,(H,24,29)(H,25,27,30)/b13-10+. The molecule has 3 aromatic rings. The van der Waals surface area contributed by atoms with Gasteiger partial charge >= 0.3 is 0 Å². The highest BCUT2D eigenvalue weighted by atomic mass is 16.2. The molecule has 1 aliphatic rings. The van der Waals surface area contributed by atoms with Gasteiger partial charge in [0.25, 0.3) is 0 Å². The van der Waals surface area contributed by atoms with Gasteiger partial charge in [0.05, 0.1) is 11.0 Å². The van der Waals surface area contributed by atoms with Gasteiger partial charge in [0.2, 0.25) is 11.8 Å². The van der Waals surface area contributed by atoms with E-state index in [1.165, 1.54) is 13.0 Å². The molecular formula is C23H23N5O2. The second-order valence-electron chi connectivity index (χ2n) is 7.20. The molecule has 2 amide bonds. The average Bonchev–Trinajstić information content (AvgIpc) is 3.27. The third-order valence-corrected chi connectivity index (χ3v) is 4.86. The van der Waals surface area contributed by atoms with Crippen molar-refractivity contribution < 1.29 is 9.59 Å². The van der Waals surface area contributed by atoms with E-state index >= 15 is 0 Å². The molecule has 7 heteroatoms. The number of nitrogens with one attached hydrogen (secondary N) is 2. The van der Waals surface area contributed by atoms with Crippen LogP contribution in [0.4, 0.5) is 17.3 Å². The smallest absolute Gasteiger partial charge is 0.249 e. The van der Waals surface area contributed by atoms with Gasteiger partial charge in [0.15, 0.2) is 11.6 Å². The molecule has 0 spiro atoms. The molecule has 1 saturated heterocycles. The van der Waals surface area contributed by atoms with E-state index in [-0.39, 0.29) is 11.8 Å². The number of hydrogen-bond donors (Lipinski definition) is 2. The highest BCUT2D eigenvalue weighted by Crippen LogP contribution is 2.27. The Hall–Kier alpha value is -3.74. The number of nitrogens with zero attached hydrogens (tertiary/aromatic N) is 3. The topological polar surface area (TPSA) is 87.2 Å². The molecule has 0 atom stereocenters. The third kappa shape index (κ3) is 4.63. The van der Waals surface area contributed by atoms with Gasteiger partial charge in [-0.15, -0.1) is 0 Å². The van der Waals surface area contributed by atoms with Crippen LogP contribution in [0.5, 0.6) is 0 Å². The normalized spacial score (nSPS) is 13.7. The molecule has 2 heterocycles. The molecule has 2 aromatic carbocycles. The van der Waals surface area contributed by atoms with Crippen molar-refractivity contribution in [2.75, 3.05) is 28.6 Å². The maximum atomic E-state index is 12.6. The molecule has 0 saturated carbocycles. The number of amides is 2. The van der Waals surface area contributed by atoms with Gasteiger partial charge in [0, 0.05) is 31.8 Å². The Balaban J connectivity index is 1.52. The number of benzene rings is 2. The van der Waals surface area contributed by atoms with Crippen LogP contribution >= 0.6 is 0 Å². The number of anilines is 3. The van der Waals surface area contributed by atoms with Crippen molar-refractivity contribution in [1.29, 1.82) is 0 Å². The molecule has 0 bridgehead atoms. The number of rotatable bonds is 5. The van der Waals surface area contributed by atoms with E-state index in [2.05, 4.69) is 20.5 Å². The molecule has 2 N–H and O–H groups in total. The summed E-state index contributed by atoms with van der Waals surface area (Å²) in [5, 5.41) is 5.60. The lowest BCUT2D eigenvalue weighted by molar-refractivity contribution is -0.114. The number of fused-ring (bicyclic) bond motifs is 1. The van der Waals surface area contributed by atoms with Crippen molar-refractivity contribution in [2.24, 2.45) is 0 Å². The van der Waals surface area contributed by atoms with Gasteiger partial charge in [-0.2, -0.15) is 0 Å². The van der Waals surface area contributed by atoms with Crippen LogP contribution in [0.2, 0.25) is 0 Å². The number of carbonyl (C=O) groups is 2. The SMILES string of the molecule is CC(=O)Nc1ccc(/C=C/C(=O)Nc2nc3ccccc3nc2N2CCCC2)cc1. The first-order valence-electron chi connectivity index (χ1n) is 9.97. The number of para-hydroxylation sites is 2. The predicted molar refractivity (Wildman–Crippen MR) is 119 cm³/mol. The van der Waals surface area contributed by atoms with Gasteiger partial charge in [-0.05, 0) is 48.7 Å². The van der Waals surface area contributed by atoms with Crippen LogP contribution in [0.25, 0.3) is 17.1 Å². The minimum absolute atomic E-state index is 0.122. The number of carbonyl (C=O) groups excluding carboxylic acids is 2. The fourth-order valence-corrected chi connectivity index (χ4v) is 3.44. The van der Waals surface area contributed by atoms with Crippen molar-refractivity contribution in [1.82, 2.24) is 9.97 Å². The average molecular weight is 401 g/mol. The highest BCUT2D eigenvalue weighted by molar-refractivity contribution is 6.03. The molecule has 0 unspecified atom stereocenters. The zero-order valence-corrected chi connectivity index (χ0v) is 16.8. The maximum absolute atomic E-state index is 12.6. The van der Waals surface area contributed by atoms with Crippen molar-refractivity contribution in [2.45, 2.75) is 19.8 Å². The van der Waals surface area contributed by atoms with Crippen molar-refractivity contribution in [3.8, 4) is 0 Å². The minimum Gasteiger partial charge on any atom is -0.354 e. The number of hydrogen-bond acceptors (Lipinski definition) is 5. The summed E-state index contributed by atoms with van der Waals surface area (Å²) in [7, 11) is 0. The summed E-state index contributed by atoms with van der Waals surface area (Å²) in [4.78, 5) is 35.2. The molecule has 1 aliphatic heterocycles. The summed E-state index contributed by atoms with van der Waals surface area (Å²) in [6.07, 6.45) is 5.40. The molecule has 7 nitrogen and oxygen atoms in total. The summed E-state index contributed by atoms with van der Waals surface area (Å²) in [5.41, 5.74) is 3.12. The second-order valence-corrected chi connectivity index (χ2v) is 7.20. The summed E-state index contributed by atoms with van der Waals surface area (Å²) in [6.45, 7) is 3.28. The van der Waals surface area contributed by atoms with Gasteiger partial charge in [-0.25, -0.2) is 9.97 Å². The lowest BCUT2D eigenvalue weighted by atomic mass is 10.2. The number of aromatic nitrogens is 2. The zero-order chi connectivity index (χ0) is 20.9. The Morgan fingerprint density at radius 3 is 2.27 bits per heavy atom. The van der Waals surface area contributed by atoms with E-state index in [1.807, 2.05) is 36.4 Å². The fourth-order valence-electron chi connectivity index (χ4n) is 3.44. The van der Waals surface area contributed by atoms with Crippen molar-refractivity contribution in [3.05, 3.63) is 60.2 Å². The molecule has 0 aliphatic carbocycles. The minimum atomic E-state index is -0.272. The van der Waals surface area contributed by atoms with Crippen LogP contribution in [0.3, 0.4) is 0 Å². The van der Waals surface area contributed by atoms with Gasteiger partial charge in [0.1, 0.15) is 0 Å². The molecule has 0 radical (unpaired) electrons. The Kier molecular flexibility index (Phi) is 5.70. The Morgan fingerprint density at radius 2 is 1.60 bits per heavy atom. The first kappa shape index (κ1) is 19.6. The Labute approximate surface area is 174 Å². The lowest BCUT2D eigenvalue weighted by Gasteiger charge is -2.19. The lowest BCUT2D eigenvalue weighted by Crippen LogP contribution is -2.22. The van der Waals surface area contributed by atoms with Crippen LogP contribution in [0, 0.1) is 0 Å². The molecule has 4 rings (SSSR count). The van der Waals surface area contributed by atoms with Crippen LogP contribution in [-0.4, -0.2) is 34.9 Å². The van der Waals surface area contributed by atoms with Crippen LogP contribution in [0.1, 0.15) is 25.3 Å². The quantitative estimate of drug-likeness (QED) is 0.634. The first-order chi connectivity index (χ1) is 14.6. The molecule has 30 heavy (non-hydrogen) atoms. The summed E-state index contributed by atoms with van der Waals surface area (Å²) in [5.74, 6) is 0.799. The van der Waals surface area contributed by atoms with Crippen molar-refractivity contribution >= 4 is 46.2 Å². The van der Waals surface area contributed by atoms with Crippen molar-refractivity contribution in [3.63, 3.8) is 0 Å². The van der Waals surface area contributed by atoms with Gasteiger partial charge < -0.3 is 15.5 Å². The van der Waals surface area contributed by atoms with Crippen LogP contribution < -0.4 is 15.5 Å². The van der Waals surface area contributed by atoms with Crippen LogP contribution in [0.15, 0.2) is 54.6 Å². The molecular weight excluding hydrogens is 378 g/mol. The zero-order valence-electron chi connectivity index (χ0n) is 16.8. The highest BCUT2D eigenvalue weighted by Gasteiger charge is 2.20. The van der Waals surface area contributed by atoms with E-state index in [0.29, 0.717) is 17.3 Å². The Bertz CT molecular complexity index is 1100. The van der Waals surface area contributed by atoms with E-state index in [4.69, 9.17) is 4.98 Å². The molecule has 152 valence electrons. The summed E-state index contributed by atoms with van der Waals surface area (Å²) in [6, 6.07) is 14.9. The van der Waals surface area contributed by atoms with E-state index in [9.17, 15) is 9.59 Å². The second kappa shape index (κ2) is 8.73. The summed E-state index contributed by atoms with van der Waals surface area (Å²) < 4.78 is 0. The Morgan fingerprint density at radius 1 is 0.933 bits per heavy atom. The largest absolute Gasteiger partial charge is 0.354 e. The van der Waals surface area contributed by atoms with Crippen LogP contribution in [-0.2, 0) is 9.59 Å². The van der Waals surface area contributed by atoms with E-state index < -0.39 is 0 Å². The van der Waals surface area contributed by atoms with Gasteiger partial charge in [-0.3, -0.25) is 9.59 Å². The fraction of sp³-hybridized carbons (Fsp3) is 0.217. The van der Waals surface area contributed by atoms with Gasteiger partial charge in [-0.1, -0.05) is 24.3 Å². The van der Waals surface area contributed by atoms with E-state index in [0.717, 1.165) is 42.5 Å². The van der Waals surface area contributed by atoms with E-state index in [1.54, 1.807) is 18.2 Å². The summed E-state index contributed by atoms with van der Waals surface area (Å²) >= 11 is 0. The third-order valence-electron chi connectivity index (χ3n) is 4.86. The molecule has 1 fully saturated rings. The first-order valence-corrected chi connectivity index (χ1v) is 9.97. The molecule has 1 aromatic heterocycles. The predicted octanol–water partition coefficient (Wildman–Crippen LogP) is 3.84. The maximum Gasteiger partial charge on any atom is 0.249 e. The monoisotopic (exact) mass is 401 g/mol.